The van der Waals surface area contributed by atoms with Gasteiger partial charge in [-0.05, 0) is 12.8 Å². The van der Waals surface area contributed by atoms with E-state index in [0.29, 0.717) is 0 Å². The van der Waals surface area contributed by atoms with Crippen LogP contribution < -0.4 is 11.1 Å². The van der Waals surface area contributed by atoms with Crippen molar-refractivity contribution in [3.8, 4) is 0 Å². The van der Waals surface area contributed by atoms with Gasteiger partial charge in [0.25, 0.3) is 0 Å². The van der Waals surface area contributed by atoms with E-state index in [9.17, 15) is 19.2 Å². The van der Waals surface area contributed by atoms with Gasteiger partial charge in [0.15, 0.2) is 0 Å². The van der Waals surface area contributed by atoms with E-state index >= 15 is 0 Å². The second kappa shape index (κ2) is 10.9. The molecule has 10 heteroatoms. The van der Waals surface area contributed by atoms with Crippen molar-refractivity contribution in [1.82, 2.24) is 5.32 Å². The number of hydrogen-bond donors (Lipinski definition) is 5. The molecule has 0 saturated heterocycles. The predicted molar refractivity (Wildman–Crippen MR) is 87.6 cm³/mol. The van der Waals surface area contributed by atoms with Crippen LogP contribution in [-0.2, 0) is 23.9 Å². The van der Waals surface area contributed by atoms with Crippen LogP contribution in [0, 0.1) is 5.92 Å². The summed E-state index contributed by atoms with van der Waals surface area (Å²) in [6.45, 7) is 3.18. The molecule has 0 unspecified atom stereocenters. The molecule has 5 N–H and O–H groups in total. The van der Waals surface area contributed by atoms with Gasteiger partial charge in [-0.1, -0.05) is 13.8 Å². The number of amides is 1. The van der Waals surface area contributed by atoms with Gasteiger partial charge < -0.3 is 26.0 Å². The van der Waals surface area contributed by atoms with Gasteiger partial charge in [0, 0.05) is 18.1 Å². The topological polar surface area (TPSA) is 156 Å². The lowest BCUT2D eigenvalue weighted by molar-refractivity contribution is -0.168. The Bertz CT molecular complexity index is 470. The van der Waals surface area contributed by atoms with Crippen molar-refractivity contribution in [2.75, 3.05) is 5.75 Å². The molecule has 0 aromatic rings. The number of aliphatic carboxylic acids is 2. The molecule has 0 aliphatic rings. The third-order valence-corrected chi connectivity index (χ3v) is 3.50. The monoisotopic (exact) mass is 364 g/mol. The molecule has 0 saturated carbocycles. The highest BCUT2D eigenvalue weighted by Gasteiger charge is 2.30. The Labute approximate surface area is 145 Å². The van der Waals surface area contributed by atoms with Crippen molar-refractivity contribution in [1.29, 1.82) is 0 Å². The minimum atomic E-state index is -1.31. The first-order valence-electron chi connectivity index (χ1n) is 7.42. The minimum Gasteiger partial charge on any atom is -0.480 e. The summed E-state index contributed by atoms with van der Waals surface area (Å²) in [5, 5.41) is 20.0. The Morgan fingerprint density at radius 1 is 1.17 bits per heavy atom. The van der Waals surface area contributed by atoms with Crippen molar-refractivity contribution in [3.05, 3.63) is 0 Å². The molecule has 138 valence electrons. The number of carbonyl (C=O) groups excluding carboxylic acids is 2. The smallest absolute Gasteiger partial charge is 0.345 e. The lowest BCUT2D eigenvalue weighted by atomic mass is 10.1. The molecule has 0 spiro atoms. The van der Waals surface area contributed by atoms with E-state index in [1.807, 2.05) is 0 Å². The van der Waals surface area contributed by atoms with Crippen LogP contribution in [0.2, 0.25) is 0 Å². The summed E-state index contributed by atoms with van der Waals surface area (Å²) < 4.78 is 4.90. The normalized spacial score (nSPS) is 14.5. The third-order valence-electron chi connectivity index (χ3n) is 3.13. The van der Waals surface area contributed by atoms with Gasteiger partial charge in [-0.2, -0.15) is 12.6 Å². The maximum absolute atomic E-state index is 12.0. The quantitative estimate of drug-likeness (QED) is 0.246. The standard InChI is InChI=1S/C14H24N2O7S/c1-7(2)11(13(20)21)23-14(22)9(6-24)16-10(17)5-3-4-8(15)12(18)19/h7-9,11,24H,3-6,15H2,1-2H3,(H,16,17)(H,18,19)(H,20,21)/t8-,9-,11+/m0/s1. The Balaban J connectivity index is 4.47. The van der Waals surface area contributed by atoms with Crippen LogP contribution in [0.3, 0.4) is 0 Å². The third kappa shape index (κ3) is 8.16. The molecule has 9 nitrogen and oxygen atoms in total. The fourth-order valence-corrected chi connectivity index (χ4v) is 1.97. The molecule has 0 aromatic heterocycles. The second-order valence-corrected chi connectivity index (χ2v) is 5.94. The van der Waals surface area contributed by atoms with Crippen molar-refractivity contribution < 1.29 is 34.1 Å². The molecule has 0 aliphatic heterocycles. The summed E-state index contributed by atoms with van der Waals surface area (Å²) in [4.78, 5) is 45.3. The van der Waals surface area contributed by atoms with Gasteiger partial charge in [-0.15, -0.1) is 0 Å². The number of carbonyl (C=O) groups is 4. The van der Waals surface area contributed by atoms with Gasteiger partial charge in [0.2, 0.25) is 12.0 Å². The summed E-state index contributed by atoms with van der Waals surface area (Å²) in [5.41, 5.74) is 5.32. The van der Waals surface area contributed by atoms with Gasteiger partial charge in [-0.25, -0.2) is 9.59 Å². The van der Waals surface area contributed by atoms with Gasteiger partial charge in [-0.3, -0.25) is 9.59 Å². The van der Waals surface area contributed by atoms with Crippen molar-refractivity contribution in [2.45, 2.75) is 51.3 Å². The van der Waals surface area contributed by atoms with Crippen LogP contribution in [0.1, 0.15) is 33.1 Å². The molecule has 3 atom stereocenters. The summed E-state index contributed by atoms with van der Waals surface area (Å²) in [6, 6.07) is -2.14. The summed E-state index contributed by atoms with van der Waals surface area (Å²) in [7, 11) is 0. The highest BCUT2D eigenvalue weighted by atomic mass is 32.1. The van der Waals surface area contributed by atoms with Crippen molar-refractivity contribution >= 4 is 36.4 Å². The Kier molecular flexibility index (Phi) is 10.0. The average Bonchev–Trinajstić information content (AvgIpc) is 2.48. The van der Waals surface area contributed by atoms with E-state index < -0.39 is 47.9 Å². The lowest BCUT2D eigenvalue weighted by Gasteiger charge is -2.21. The first-order valence-corrected chi connectivity index (χ1v) is 8.05. The molecular weight excluding hydrogens is 340 g/mol. The first-order chi connectivity index (χ1) is 11.1. The van der Waals surface area contributed by atoms with Crippen LogP contribution in [0.4, 0.5) is 0 Å². The molecule has 0 aromatic carbocycles. The zero-order chi connectivity index (χ0) is 18.9. The molecule has 0 fully saturated rings. The number of nitrogens with one attached hydrogen (secondary N) is 1. The summed E-state index contributed by atoms with van der Waals surface area (Å²) in [5.74, 6) is -4.31. The Morgan fingerprint density at radius 2 is 1.75 bits per heavy atom. The van der Waals surface area contributed by atoms with Crippen molar-refractivity contribution in [3.63, 3.8) is 0 Å². The molecule has 1 amide bonds. The highest BCUT2D eigenvalue weighted by molar-refractivity contribution is 7.80. The van der Waals surface area contributed by atoms with Crippen LogP contribution in [0.25, 0.3) is 0 Å². The number of rotatable bonds is 11. The second-order valence-electron chi connectivity index (χ2n) is 5.58. The van der Waals surface area contributed by atoms with Gasteiger partial charge >= 0.3 is 17.9 Å². The van der Waals surface area contributed by atoms with Crippen LogP contribution in [0.15, 0.2) is 0 Å². The average molecular weight is 364 g/mol. The number of carboxylic acids is 2. The lowest BCUT2D eigenvalue weighted by Crippen LogP contribution is -2.46. The van der Waals surface area contributed by atoms with Gasteiger partial charge in [0.1, 0.15) is 12.1 Å². The van der Waals surface area contributed by atoms with Gasteiger partial charge in [0.05, 0.1) is 0 Å². The zero-order valence-electron chi connectivity index (χ0n) is 13.6. The number of carboxylic acid groups (broad SMARTS) is 2. The van der Waals surface area contributed by atoms with E-state index in [1.54, 1.807) is 13.8 Å². The Hall–Kier alpha value is -1.81. The molecule has 24 heavy (non-hydrogen) atoms. The first kappa shape index (κ1) is 22.2. The fraction of sp³-hybridized carbons (Fsp3) is 0.714. The highest BCUT2D eigenvalue weighted by Crippen LogP contribution is 2.09. The maximum atomic E-state index is 12.0. The molecular formula is C14H24N2O7S. The molecule has 0 aliphatic carbocycles. The van der Waals surface area contributed by atoms with E-state index in [0.717, 1.165) is 0 Å². The van der Waals surface area contributed by atoms with E-state index in [4.69, 9.17) is 20.7 Å². The largest absolute Gasteiger partial charge is 0.480 e. The number of esters is 1. The molecule has 0 rings (SSSR count). The van der Waals surface area contributed by atoms with Crippen LogP contribution in [-0.4, -0.2) is 58.0 Å². The van der Waals surface area contributed by atoms with E-state index in [1.165, 1.54) is 0 Å². The number of thiol groups is 1. The maximum Gasteiger partial charge on any atom is 0.345 e. The minimum absolute atomic E-state index is 0.0227. The molecule has 0 radical (unpaired) electrons. The Morgan fingerprint density at radius 3 is 2.17 bits per heavy atom. The van der Waals surface area contributed by atoms with E-state index in [-0.39, 0.29) is 25.0 Å². The van der Waals surface area contributed by atoms with Crippen LogP contribution in [0.5, 0.6) is 0 Å². The van der Waals surface area contributed by atoms with Crippen LogP contribution >= 0.6 is 12.6 Å². The summed E-state index contributed by atoms with van der Waals surface area (Å²) >= 11 is 3.95. The fourth-order valence-electron chi connectivity index (χ4n) is 1.73. The number of ether oxygens (including phenoxy) is 1. The molecule has 0 bridgehead atoms. The number of nitrogens with two attached hydrogens (primary N) is 1. The number of hydrogen-bond acceptors (Lipinski definition) is 7. The predicted octanol–water partition coefficient (Wildman–Crippen LogP) is -0.364. The van der Waals surface area contributed by atoms with Crippen molar-refractivity contribution in [2.24, 2.45) is 11.7 Å². The SMILES string of the molecule is CC(C)[C@@H](OC(=O)[C@H](CS)NC(=O)CCC[C@H](N)C(=O)O)C(=O)O. The zero-order valence-corrected chi connectivity index (χ0v) is 14.5. The summed E-state index contributed by atoms with van der Waals surface area (Å²) in [6.07, 6.45) is -0.985. The molecule has 0 heterocycles. The van der Waals surface area contributed by atoms with E-state index in [2.05, 4.69) is 17.9 Å².